The summed E-state index contributed by atoms with van der Waals surface area (Å²) in [7, 11) is -3.61. The second-order valence-corrected chi connectivity index (χ2v) is 7.37. The highest BCUT2D eigenvalue weighted by atomic mass is 32.2. The summed E-state index contributed by atoms with van der Waals surface area (Å²) in [5.41, 5.74) is 0.776. The molecule has 0 radical (unpaired) electrons. The summed E-state index contributed by atoms with van der Waals surface area (Å²) in [6.07, 6.45) is 0.745. The van der Waals surface area contributed by atoms with E-state index in [0.29, 0.717) is 29.0 Å². The molecule has 2 N–H and O–H groups in total. The van der Waals surface area contributed by atoms with Crippen LogP contribution < -0.4 is 4.72 Å². The molecule has 22 heavy (non-hydrogen) atoms. The van der Waals surface area contributed by atoms with Crippen molar-refractivity contribution in [2.24, 2.45) is 5.92 Å². The lowest BCUT2D eigenvalue weighted by Crippen LogP contribution is -2.25. The van der Waals surface area contributed by atoms with Crippen molar-refractivity contribution in [3.8, 4) is 0 Å². The summed E-state index contributed by atoms with van der Waals surface area (Å²) in [5.74, 6) is -0.940. The van der Waals surface area contributed by atoms with Crippen LogP contribution in [-0.2, 0) is 10.0 Å². The summed E-state index contributed by atoms with van der Waals surface area (Å²) in [6, 6.07) is 4.33. The molecule has 2 rings (SSSR count). The van der Waals surface area contributed by atoms with Gasteiger partial charge in [-0.05, 0) is 37.5 Å². The molecule has 0 aliphatic heterocycles. The number of aryl methyl sites for hydroxylation is 1. The summed E-state index contributed by atoms with van der Waals surface area (Å²) in [5, 5.41) is 9.53. The number of furan rings is 1. The quantitative estimate of drug-likeness (QED) is 0.851. The SMILES string of the molecule is Cc1c(C(=O)O)oc2ccc(S(=O)(=O)NCCC(C)C)cc12. The van der Waals surface area contributed by atoms with Gasteiger partial charge in [0.2, 0.25) is 15.8 Å². The van der Waals surface area contributed by atoms with Crippen molar-refractivity contribution in [3.63, 3.8) is 0 Å². The summed E-state index contributed by atoms with van der Waals surface area (Å²) >= 11 is 0. The first-order valence-corrected chi connectivity index (χ1v) is 8.47. The van der Waals surface area contributed by atoms with Gasteiger partial charge in [-0.2, -0.15) is 0 Å². The Morgan fingerprint density at radius 2 is 2.05 bits per heavy atom. The maximum Gasteiger partial charge on any atom is 0.372 e. The van der Waals surface area contributed by atoms with Crippen LogP contribution in [0, 0.1) is 12.8 Å². The van der Waals surface area contributed by atoms with Gasteiger partial charge in [-0.15, -0.1) is 0 Å². The molecule has 0 aliphatic rings. The molecule has 1 heterocycles. The largest absolute Gasteiger partial charge is 0.475 e. The minimum atomic E-state index is -3.61. The van der Waals surface area contributed by atoms with Crippen molar-refractivity contribution >= 4 is 27.0 Å². The Hall–Kier alpha value is -1.86. The monoisotopic (exact) mass is 325 g/mol. The Labute approximate surface area is 129 Å². The average Bonchev–Trinajstić information content (AvgIpc) is 2.75. The van der Waals surface area contributed by atoms with Crippen LogP contribution in [0.3, 0.4) is 0 Å². The van der Waals surface area contributed by atoms with Gasteiger partial charge in [0.25, 0.3) is 0 Å². The van der Waals surface area contributed by atoms with Crippen molar-refractivity contribution in [3.05, 3.63) is 29.5 Å². The van der Waals surface area contributed by atoms with E-state index in [4.69, 9.17) is 9.52 Å². The number of carboxylic acids is 1. The molecule has 0 amide bonds. The Balaban J connectivity index is 2.36. The lowest BCUT2D eigenvalue weighted by molar-refractivity contribution is 0.0664. The van der Waals surface area contributed by atoms with Gasteiger partial charge in [-0.25, -0.2) is 17.9 Å². The molecule has 0 aliphatic carbocycles. The van der Waals surface area contributed by atoms with Crippen molar-refractivity contribution in [2.75, 3.05) is 6.54 Å². The van der Waals surface area contributed by atoms with Crippen LogP contribution in [0.4, 0.5) is 0 Å². The molecule has 0 bridgehead atoms. The van der Waals surface area contributed by atoms with E-state index in [1.54, 1.807) is 6.92 Å². The maximum absolute atomic E-state index is 12.3. The van der Waals surface area contributed by atoms with E-state index < -0.39 is 16.0 Å². The standard InChI is InChI=1S/C15H19NO5S/c1-9(2)6-7-16-22(19,20)11-4-5-13-12(8-11)10(3)14(21-13)15(17)18/h4-5,8-9,16H,6-7H2,1-3H3,(H,17,18). The number of rotatable bonds is 6. The number of nitrogens with one attached hydrogen (secondary N) is 1. The van der Waals surface area contributed by atoms with Gasteiger partial charge in [0.1, 0.15) is 5.58 Å². The summed E-state index contributed by atoms with van der Waals surface area (Å²) in [6.45, 7) is 5.99. The van der Waals surface area contributed by atoms with Crippen LogP contribution >= 0.6 is 0 Å². The number of aromatic carboxylic acids is 1. The van der Waals surface area contributed by atoms with Gasteiger partial charge < -0.3 is 9.52 Å². The van der Waals surface area contributed by atoms with Crippen molar-refractivity contribution < 1.29 is 22.7 Å². The Morgan fingerprint density at radius 1 is 1.36 bits per heavy atom. The highest BCUT2D eigenvalue weighted by Crippen LogP contribution is 2.27. The van der Waals surface area contributed by atoms with Crippen LogP contribution in [0.2, 0.25) is 0 Å². The second-order valence-electron chi connectivity index (χ2n) is 5.60. The second kappa shape index (κ2) is 6.10. The van der Waals surface area contributed by atoms with E-state index in [9.17, 15) is 13.2 Å². The lowest BCUT2D eigenvalue weighted by Gasteiger charge is -2.08. The first kappa shape index (κ1) is 16.5. The highest BCUT2D eigenvalue weighted by molar-refractivity contribution is 7.89. The number of benzene rings is 1. The zero-order valence-electron chi connectivity index (χ0n) is 12.7. The molecular formula is C15H19NO5S. The van der Waals surface area contributed by atoms with Crippen molar-refractivity contribution in [1.82, 2.24) is 4.72 Å². The van der Waals surface area contributed by atoms with E-state index in [1.165, 1.54) is 18.2 Å². The fourth-order valence-corrected chi connectivity index (χ4v) is 3.21. The van der Waals surface area contributed by atoms with Crippen LogP contribution in [0.1, 0.15) is 36.4 Å². The van der Waals surface area contributed by atoms with Gasteiger partial charge in [0.05, 0.1) is 4.90 Å². The first-order chi connectivity index (χ1) is 10.2. The summed E-state index contributed by atoms with van der Waals surface area (Å²) < 4.78 is 32.3. The number of carbonyl (C=O) groups is 1. The molecule has 0 saturated heterocycles. The molecule has 1 aromatic heterocycles. The van der Waals surface area contributed by atoms with E-state index in [1.807, 2.05) is 13.8 Å². The molecule has 0 atom stereocenters. The van der Waals surface area contributed by atoms with Gasteiger partial charge in [-0.1, -0.05) is 13.8 Å². The third-order valence-electron chi connectivity index (χ3n) is 3.43. The molecule has 1 aromatic carbocycles. The topological polar surface area (TPSA) is 96.6 Å². The first-order valence-electron chi connectivity index (χ1n) is 6.98. The molecule has 0 saturated carbocycles. The van der Waals surface area contributed by atoms with Crippen molar-refractivity contribution in [2.45, 2.75) is 32.1 Å². The number of hydrogen-bond donors (Lipinski definition) is 2. The molecule has 7 heteroatoms. The number of hydrogen-bond acceptors (Lipinski definition) is 4. The van der Waals surface area contributed by atoms with Gasteiger partial charge in [-0.3, -0.25) is 0 Å². The molecule has 0 unspecified atom stereocenters. The lowest BCUT2D eigenvalue weighted by atomic mass is 10.1. The molecule has 120 valence electrons. The third kappa shape index (κ3) is 3.31. The highest BCUT2D eigenvalue weighted by Gasteiger charge is 2.20. The fourth-order valence-electron chi connectivity index (χ4n) is 2.14. The zero-order chi connectivity index (χ0) is 16.5. The van der Waals surface area contributed by atoms with Crippen LogP contribution in [0.25, 0.3) is 11.0 Å². The molecule has 6 nitrogen and oxygen atoms in total. The zero-order valence-corrected chi connectivity index (χ0v) is 13.5. The van der Waals surface area contributed by atoms with E-state index in [-0.39, 0.29) is 10.7 Å². The fraction of sp³-hybridized carbons (Fsp3) is 0.400. The van der Waals surface area contributed by atoms with E-state index in [2.05, 4.69) is 4.72 Å². The number of carboxylic acid groups (broad SMARTS) is 1. The maximum atomic E-state index is 12.3. The minimum Gasteiger partial charge on any atom is -0.475 e. The molecular weight excluding hydrogens is 306 g/mol. The predicted molar refractivity (Wildman–Crippen MR) is 82.6 cm³/mol. The minimum absolute atomic E-state index is 0.101. The Bertz CT molecular complexity index is 805. The Kier molecular flexibility index (Phi) is 4.58. The van der Waals surface area contributed by atoms with Crippen LogP contribution in [-0.4, -0.2) is 26.0 Å². The van der Waals surface area contributed by atoms with Gasteiger partial charge in [0.15, 0.2) is 0 Å². The molecule has 2 aromatic rings. The molecule has 0 fully saturated rings. The van der Waals surface area contributed by atoms with Crippen molar-refractivity contribution in [1.29, 1.82) is 0 Å². The number of fused-ring (bicyclic) bond motifs is 1. The van der Waals surface area contributed by atoms with Gasteiger partial charge >= 0.3 is 5.97 Å². The average molecular weight is 325 g/mol. The molecule has 0 spiro atoms. The number of sulfonamides is 1. The third-order valence-corrected chi connectivity index (χ3v) is 4.88. The predicted octanol–water partition coefficient (Wildman–Crippen LogP) is 2.76. The normalized spacial score (nSPS) is 12.2. The Morgan fingerprint density at radius 3 is 2.64 bits per heavy atom. The summed E-state index contributed by atoms with van der Waals surface area (Å²) in [4.78, 5) is 11.2. The van der Waals surface area contributed by atoms with E-state index in [0.717, 1.165) is 6.42 Å². The van der Waals surface area contributed by atoms with Crippen LogP contribution in [0.15, 0.2) is 27.5 Å². The van der Waals surface area contributed by atoms with Gasteiger partial charge in [0, 0.05) is 17.5 Å². The van der Waals surface area contributed by atoms with E-state index >= 15 is 0 Å². The van der Waals surface area contributed by atoms with Crippen LogP contribution in [0.5, 0.6) is 0 Å². The smallest absolute Gasteiger partial charge is 0.372 e.